The number of nitrogens with zero attached hydrogens (tertiary/aromatic N) is 1. The third-order valence-corrected chi connectivity index (χ3v) is 12.6. The average Bonchev–Trinajstić information content (AvgIpc) is 3.67. The fourth-order valence-corrected chi connectivity index (χ4v) is 8.24. The van der Waals surface area contributed by atoms with Crippen molar-refractivity contribution in [2.45, 2.75) is 235 Å². The molecule has 0 saturated carbocycles. The monoisotopic (exact) mass is 792 g/mol. The fraction of sp³-hybridized carbons (Fsp3) is 0.960. The van der Waals surface area contributed by atoms with Crippen molar-refractivity contribution in [2.75, 3.05) is 39.5 Å². The van der Waals surface area contributed by atoms with Crippen LogP contribution in [0.5, 0.6) is 0 Å². The zero-order chi connectivity index (χ0) is 41.2. The van der Waals surface area contributed by atoms with Crippen molar-refractivity contribution < 1.29 is 23.8 Å². The second-order valence-electron chi connectivity index (χ2n) is 19.4. The number of carbonyl (C=O) groups excluding carboxylic acids is 2. The number of esters is 2. The van der Waals surface area contributed by atoms with Crippen molar-refractivity contribution in [3.8, 4) is 0 Å². The van der Waals surface area contributed by atoms with E-state index >= 15 is 0 Å². The van der Waals surface area contributed by atoms with E-state index in [0.29, 0.717) is 61.7 Å². The number of likely N-dealkylation sites (tertiary alicyclic amines) is 1. The lowest BCUT2D eigenvalue weighted by Crippen LogP contribution is -2.21. The van der Waals surface area contributed by atoms with Gasteiger partial charge in [0.25, 0.3) is 0 Å². The fourth-order valence-electron chi connectivity index (χ4n) is 8.24. The maximum absolute atomic E-state index is 12.3. The molecule has 1 fully saturated rings. The summed E-state index contributed by atoms with van der Waals surface area (Å²) in [4.78, 5) is 27.2. The topological polar surface area (TPSA) is 65.1 Å². The minimum absolute atomic E-state index is 0.00428. The molecule has 3 unspecified atom stereocenters. The van der Waals surface area contributed by atoms with E-state index in [2.05, 4.69) is 60.3 Å². The minimum Gasteiger partial charge on any atom is -0.466 e. The molecule has 1 rings (SSSR count). The van der Waals surface area contributed by atoms with Crippen LogP contribution in [0, 0.1) is 35.5 Å². The van der Waals surface area contributed by atoms with Gasteiger partial charge in [-0.15, -0.1) is 0 Å². The van der Waals surface area contributed by atoms with E-state index in [-0.39, 0.29) is 11.9 Å². The van der Waals surface area contributed by atoms with Gasteiger partial charge in [0.1, 0.15) is 0 Å². The van der Waals surface area contributed by atoms with Gasteiger partial charge in [0.15, 0.2) is 0 Å². The molecule has 0 aromatic heterocycles. The highest BCUT2D eigenvalue weighted by molar-refractivity contribution is 5.69. The van der Waals surface area contributed by atoms with Gasteiger partial charge in [-0.2, -0.15) is 0 Å². The van der Waals surface area contributed by atoms with Crippen LogP contribution in [-0.4, -0.2) is 62.4 Å². The third-order valence-electron chi connectivity index (χ3n) is 12.6. The summed E-state index contributed by atoms with van der Waals surface area (Å²) < 4.78 is 17.8. The first-order valence-corrected chi connectivity index (χ1v) is 24.6. The molecule has 0 aliphatic carbocycles. The summed E-state index contributed by atoms with van der Waals surface area (Å²) in [6.45, 7) is 24.1. The molecular weight excluding hydrogens is 695 g/mol. The smallest absolute Gasteiger partial charge is 0.305 e. The SMILES string of the molecule is CC(C)CCC(CCOC(=O)CCCCCCCCCC(CCCCCCCCCC(=O)OCC(CCC(C)C)C(C)C)OCCCCN1CCCC1)C(C)C. The normalized spacial score (nSPS) is 15.4. The van der Waals surface area contributed by atoms with E-state index in [4.69, 9.17) is 14.2 Å². The third kappa shape index (κ3) is 31.8. The molecule has 3 atom stereocenters. The lowest BCUT2D eigenvalue weighted by Gasteiger charge is -2.21. The van der Waals surface area contributed by atoms with Crippen molar-refractivity contribution in [1.29, 1.82) is 0 Å². The number of hydrogen-bond acceptors (Lipinski definition) is 6. The number of ether oxygens (including phenoxy) is 3. The maximum atomic E-state index is 12.3. The Morgan fingerprint density at radius 2 is 0.929 bits per heavy atom. The van der Waals surface area contributed by atoms with Crippen LogP contribution >= 0.6 is 0 Å². The van der Waals surface area contributed by atoms with Crippen LogP contribution in [0.4, 0.5) is 0 Å². The zero-order valence-electron chi connectivity index (χ0n) is 38.9. The van der Waals surface area contributed by atoms with Crippen LogP contribution in [0.25, 0.3) is 0 Å². The van der Waals surface area contributed by atoms with Gasteiger partial charge in [-0.3, -0.25) is 9.59 Å². The molecule has 0 aromatic rings. The minimum atomic E-state index is -0.00510. The van der Waals surface area contributed by atoms with E-state index in [1.807, 2.05) is 0 Å². The predicted molar refractivity (Wildman–Crippen MR) is 239 cm³/mol. The first-order valence-electron chi connectivity index (χ1n) is 24.6. The molecule has 6 heteroatoms. The summed E-state index contributed by atoms with van der Waals surface area (Å²) >= 11 is 0. The van der Waals surface area contributed by atoms with Crippen molar-refractivity contribution in [2.24, 2.45) is 35.5 Å². The van der Waals surface area contributed by atoms with Crippen LogP contribution < -0.4 is 0 Å². The summed E-state index contributed by atoms with van der Waals surface area (Å²) in [7, 11) is 0. The molecule has 6 nitrogen and oxygen atoms in total. The Hall–Kier alpha value is -1.14. The molecule has 0 aromatic carbocycles. The molecule has 0 N–H and O–H groups in total. The molecular formula is C50H97NO5. The summed E-state index contributed by atoms with van der Waals surface area (Å²) in [6, 6.07) is 0. The quantitative estimate of drug-likeness (QED) is 0.0456. The summed E-state index contributed by atoms with van der Waals surface area (Å²) in [5, 5.41) is 0. The Morgan fingerprint density at radius 1 is 0.464 bits per heavy atom. The van der Waals surface area contributed by atoms with Gasteiger partial charge in [0, 0.05) is 19.4 Å². The van der Waals surface area contributed by atoms with Crippen LogP contribution in [0.1, 0.15) is 229 Å². The first-order chi connectivity index (χ1) is 27.0. The Morgan fingerprint density at radius 3 is 1.43 bits per heavy atom. The lowest BCUT2D eigenvalue weighted by molar-refractivity contribution is -0.146. The highest BCUT2D eigenvalue weighted by Gasteiger charge is 2.18. The van der Waals surface area contributed by atoms with Gasteiger partial charge in [0.05, 0.1) is 19.3 Å². The van der Waals surface area contributed by atoms with Crippen molar-refractivity contribution in [1.82, 2.24) is 4.90 Å². The first kappa shape index (κ1) is 52.9. The van der Waals surface area contributed by atoms with E-state index in [9.17, 15) is 9.59 Å². The Bertz CT molecular complexity index is 898. The van der Waals surface area contributed by atoms with Crippen molar-refractivity contribution in [3.05, 3.63) is 0 Å². The molecule has 0 spiro atoms. The van der Waals surface area contributed by atoms with E-state index in [0.717, 1.165) is 51.0 Å². The van der Waals surface area contributed by atoms with E-state index in [1.54, 1.807) is 0 Å². The molecule has 1 heterocycles. The standard InChI is InChI=1S/C50H97NO5/c1-42(2)31-33-46(44(5)6)35-40-55-49(52)29-21-17-13-9-11-15-19-27-48(54-39-26-25-38-51-36-23-24-37-51)28-20-16-12-10-14-18-22-30-50(53)56-41-47(45(7)8)34-32-43(3)4/h42-48H,9-41H2,1-8H3. The molecule has 56 heavy (non-hydrogen) atoms. The maximum Gasteiger partial charge on any atom is 0.305 e. The van der Waals surface area contributed by atoms with E-state index in [1.165, 1.54) is 142 Å². The molecule has 1 saturated heterocycles. The Labute approximate surface area is 349 Å². The molecule has 332 valence electrons. The Balaban J connectivity index is 2.18. The Kier molecular flexibility index (Phi) is 33.8. The van der Waals surface area contributed by atoms with Crippen LogP contribution in [0.15, 0.2) is 0 Å². The van der Waals surface area contributed by atoms with Gasteiger partial charge in [0.2, 0.25) is 0 Å². The van der Waals surface area contributed by atoms with Crippen LogP contribution in [0.3, 0.4) is 0 Å². The second-order valence-corrected chi connectivity index (χ2v) is 19.4. The van der Waals surface area contributed by atoms with Crippen molar-refractivity contribution >= 4 is 11.9 Å². The summed E-state index contributed by atoms with van der Waals surface area (Å²) in [5.74, 6) is 3.77. The van der Waals surface area contributed by atoms with Gasteiger partial charge in [-0.25, -0.2) is 0 Å². The molecule has 1 aliphatic rings. The highest BCUT2D eigenvalue weighted by Crippen LogP contribution is 2.24. The number of rotatable bonds is 39. The highest BCUT2D eigenvalue weighted by atomic mass is 16.5. The number of unbranched alkanes of at least 4 members (excludes halogenated alkanes) is 13. The molecule has 0 amide bonds. The largest absolute Gasteiger partial charge is 0.466 e. The van der Waals surface area contributed by atoms with Crippen molar-refractivity contribution in [3.63, 3.8) is 0 Å². The van der Waals surface area contributed by atoms with E-state index < -0.39 is 0 Å². The average molecular weight is 792 g/mol. The predicted octanol–water partition coefficient (Wildman–Crippen LogP) is 14.2. The molecule has 0 radical (unpaired) electrons. The van der Waals surface area contributed by atoms with Gasteiger partial charge >= 0.3 is 11.9 Å². The van der Waals surface area contributed by atoms with Gasteiger partial charge in [-0.1, -0.05) is 145 Å². The van der Waals surface area contributed by atoms with Gasteiger partial charge < -0.3 is 19.1 Å². The van der Waals surface area contributed by atoms with Crippen LogP contribution in [-0.2, 0) is 23.8 Å². The summed E-state index contributed by atoms with van der Waals surface area (Å²) in [5.41, 5.74) is 0. The van der Waals surface area contributed by atoms with Gasteiger partial charge in [-0.05, 0) is 126 Å². The summed E-state index contributed by atoms with van der Waals surface area (Å²) in [6.07, 6.45) is 31.8. The van der Waals surface area contributed by atoms with Crippen LogP contribution in [0.2, 0.25) is 0 Å². The molecule has 1 aliphatic heterocycles. The second kappa shape index (κ2) is 35.8. The zero-order valence-corrected chi connectivity index (χ0v) is 38.9. The molecule has 0 bridgehead atoms. The number of carbonyl (C=O) groups is 2. The lowest BCUT2D eigenvalue weighted by atomic mass is 9.86. The number of hydrogen-bond donors (Lipinski definition) is 0.